The van der Waals surface area contributed by atoms with Gasteiger partial charge in [0.1, 0.15) is 16.5 Å². The van der Waals surface area contributed by atoms with Crippen molar-refractivity contribution >= 4 is 35.4 Å². The maximum absolute atomic E-state index is 14.1. The fraction of sp³-hybridized carbons (Fsp3) is 0.133. The van der Waals surface area contributed by atoms with Gasteiger partial charge < -0.3 is 14.9 Å². The number of aliphatic imine (C=N–C) groups is 1. The molecule has 6 nitrogen and oxygen atoms in total. The Labute approximate surface area is 146 Å². The van der Waals surface area contributed by atoms with E-state index in [1.165, 1.54) is 13.2 Å². The molecule has 0 aliphatic rings. The third kappa shape index (κ3) is 3.93. The number of aromatic nitrogens is 1. The lowest BCUT2D eigenvalue weighted by atomic mass is 10.1. The number of methoxy groups -OCH3 is 1. The van der Waals surface area contributed by atoms with E-state index in [9.17, 15) is 9.18 Å². The van der Waals surface area contributed by atoms with Crippen LogP contribution in [-0.4, -0.2) is 34.5 Å². The van der Waals surface area contributed by atoms with Crippen molar-refractivity contribution in [3.63, 3.8) is 0 Å². The molecule has 1 aromatic heterocycles. The molecule has 1 aromatic carbocycles. The highest BCUT2D eigenvalue weighted by atomic mass is 35.5. The van der Waals surface area contributed by atoms with E-state index >= 15 is 0 Å². The van der Waals surface area contributed by atoms with Crippen LogP contribution in [0.3, 0.4) is 0 Å². The highest BCUT2D eigenvalue weighted by Crippen LogP contribution is 2.25. The number of nitrogens with zero attached hydrogens (tertiary/aromatic N) is 2. The van der Waals surface area contributed by atoms with Crippen molar-refractivity contribution in [2.75, 3.05) is 7.11 Å². The summed E-state index contributed by atoms with van der Waals surface area (Å²) in [5, 5.41) is 15.8. The van der Waals surface area contributed by atoms with Crippen LogP contribution in [0.1, 0.15) is 21.5 Å². The summed E-state index contributed by atoms with van der Waals surface area (Å²) in [4.78, 5) is 18.7. The molecule has 24 heavy (non-hydrogen) atoms. The van der Waals surface area contributed by atoms with E-state index in [2.05, 4.69) is 9.98 Å². The molecule has 0 amide bonds. The number of benzene rings is 1. The molecule has 0 atom stereocenters. The third-order valence-electron chi connectivity index (χ3n) is 3.00. The zero-order valence-electron chi connectivity index (χ0n) is 12.3. The number of carbonyl (C=O) groups is 1. The Bertz CT molecular complexity index is 828. The second kappa shape index (κ2) is 7.46. The fourth-order valence-corrected chi connectivity index (χ4v) is 2.46. The van der Waals surface area contributed by atoms with Gasteiger partial charge in [0.05, 0.1) is 19.7 Å². The lowest BCUT2D eigenvalue weighted by Gasteiger charge is -2.06. The summed E-state index contributed by atoms with van der Waals surface area (Å²) in [5.41, 5.74) is -0.241. The van der Waals surface area contributed by atoms with E-state index in [1.54, 1.807) is 12.1 Å². The second-order valence-electron chi connectivity index (χ2n) is 4.64. The van der Waals surface area contributed by atoms with Crippen LogP contribution in [0, 0.1) is 5.82 Å². The predicted octanol–water partition coefficient (Wildman–Crippen LogP) is 3.29. The number of carboxylic acid groups (broad SMARTS) is 1. The van der Waals surface area contributed by atoms with Crippen LogP contribution in [-0.2, 0) is 6.54 Å². The molecule has 0 bridgehead atoms. The maximum atomic E-state index is 14.1. The van der Waals surface area contributed by atoms with Crippen molar-refractivity contribution in [1.82, 2.24) is 4.98 Å². The van der Waals surface area contributed by atoms with E-state index in [-0.39, 0.29) is 17.9 Å². The quantitative estimate of drug-likeness (QED) is 0.494. The molecule has 0 unspecified atom stereocenters. The molecule has 9 heteroatoms. The van der Waals surface area contributed by atoms with E-state index in [0.29, 0.717) is 11.3 Å². The number of hydrogen-bond donors (Lipinski definition) is 1. The summed E-state index contributed by atoms with van der Waals surface area (Å²) in [6.45, 7) is 0.0825. The van der Waals surface area contributed by atoms with Gasteiger partial charge in [0.25, 0.3) is 5.75 Å². The van der Waals surface area contributed by atoms with E-state index in [0.717, 1.165) is 6.21 Å². The van der Waals surface area contributed by atoms with Gasteiger partial charge in [-0.25, -0.2) is 14.2 Å². The minimum atomic E-state index is -1.45. The standard InChI is InChI=1S/C15H11Cl2FN2O4/c1-24-9-3-7(2-8(21)4-9)5-19-6-10-11(15(22)23)13(16)20-14(17)12(10)18/h2-4,6,21H,5H2,1H3,(H,22,23)/p+1. The number of halogens is 3. The number of rotatable bonds is 5. The maximum Gasteiger partial charge on any atom is 0.339 e. The van der Waals surface area contributed by atoms with Crippen molar-refractivity contribution in [3.8, 4) is 11.5 Å². The van der Waals surface area contributed by atoms with Gasteiger partial charge in [-0.05, 0) is 11.6 Å². The van der Waals surface area contributed by atoms with E-state index in [1.807, 2.05) is 0 Å². The zero-order valence-corrected chi connectivity index (χ0v) is 13.8. The number of ether oxygens (including phenoxy) is 1. The number of carboxylic acids is 1. The Morgan fingerprint density at radius 3 is 2.75 bits per heavy atom. The average Bonchev–Trinajstić information content (AvgIpc) is 2.51. The first kappa shape index (κ1) is 18.0. The SMILES string of the molecule is COc1cc([OH2+])cc(CN=Cc2c(F)c(Cl)nc(Cl)c2C(=O)O)c1. The van der Waals surface area contributed by atoms with E-state index in [4.69, 9.17) is 38.2 Å². The third-order valence-corrected chi connectivity index (χ3v) is 3.52. The first-order valence-electron chi connectivity index (χ1n) is 6.50. The van der Waals surface area contributed by atoms with Crippen LogP contribution in [0.2, 0.25) is 10.3 Å². The molecule has 0 fully saturated rings. The van der Waals surface area contributed by atoms with Crippen LogP contribution in [0.4, 0.5) is 4.39 Å². The molecule has 1 heterocycles. The Morgan fingerprint density at radius 2 is 2.12 bits per heavy atom. The molecular weight excluding hydrogens is 362 g/mol. The molecule has 0 spiro atoms. The molecule has 0 saturated carbocycles. The summed E-state index contributed by atoms with van der Waals surface area (Å²) < 4.78 is 19.1. The van der Waals surface area contributed by atoms with Gasteiger partial charge in [0.15, 0.2) is 11.0 Å². The average molecular weight is 374 g/mol. The van der Waals surface area contributed by atoms with Crippen LogP contribution >= 0.6 is 23.2 Å². The molecule has 0 radical (unpaired) electrons. The van der Waals surface area contributed by atoms with Crippen molar-refractivity contribution in [2.24, 2.45) is 4.99 Å². The first-order chi connectivity index (χ1) is 11.3. The van der Waals surface area contributed by atoms with Gasteiger partial charge in [-0.1, -0.05) is 23.2 Å². The van der Waals surface area contributed by atoms with Crippen molar-refractivity contribution in [2.45, 2.75) is 6.54 Å². The highest BCUT2D eigenvalue weighted by Gasteiger charge is 2.21. The van der Waals surface area contributed by atoms with Crippen LogP contribution in [0.25, 0.3) is 0 Å². The van der Waals surface area contributed by atoms with Gasteiger partial charge in [-0.2, -0.15) is 0 Å². The Balaban J connectivity index is 2.36. The minimum absolute atomic E-state index is 0.0825. The topological polar surface area (TPSA) is 94.7 Å². The Hall–Kier alpha value is -2.38. The van der Waals surface area contributed by atoms with Crippen LogP contribution < -0.4 is 4.74 Å². The summed E-state index contributed by atoms with van der Waals surface area (Å²) in [7, 11) is 1.47. The number of hydrogen-bond acceptors (Lipinski definition) is 4. The molecule has 0 saturated heterocycles. The minimum Gasteiger partial charge on any atom is -0.593 e. The largest absolute Gasteiger partial charge is 0.593 e. The predicted molar refractivity (Wildman–Crippen MR) is 88.5 cm³/mol. The van der Waals surface area contributed by atoms with Gasteiger partial charge in [0, 0.05) is 17.8 Å². The zero-order chi connectivity index (χ0) is 17.9. The fourth-order valence-electron chi connectivity index (χ4n) is 1.96. The summed E-state index contributed by atoms with van der Waals surface area (Å²) in [6, 6.07) is 4.75. The van der Waals surface area contributed by atoms with Gasteiger partial charge in [-0.15, -0.1) is 0 Å². The summed E-state index contributed by atoms with van der Waals surface area (Å²) >= 11 is 11.3. The van der Waals surface area contributed by atoms with E-state index < -0.39 is 27.7 Å². The lowest BCUT2D eigenvalue weighted by molar-refractivity contribution is 0.0696. The molecule has 2 aromatic rings. The number of aromatic carboxylic acids is 1. The number of pyridine rings is 1. The summed E-state index contributed by atoms with van der Waals surface area (Å²) in [5.74, 6) is -1.75. The van der Waals surface area contributed by atoms with Crippen molar-refractivity contribution in [1.29, 1.82) is 0 Å². The lowest BCUT2D eigenvalue weighted by Crippen LogP contribution is -2.08. The Morgan fingerprint density at radius 1 is 1.42 bits per heavy atom. The van der Waals surface area contributed by atoms with Gasteiger partial charge in [-0.3, -0.25) is 4.99 Å². The van der Waals surface area contributed by atoms with Gasteiger partial charge >= 0.3 is 5.97 Å². The first-order valence-corrected chi connectivity index (χ1v) is 7.26. The molecule has 0 aliphatic heterocycles. The van der Waals surface area contributed by atoms with Crippen molar-refractivity contribution in [3.05, 3.63) is 51.0 Å². The van der Waals surface area contributed by atoms with Crippen LogP contribution in [0.15, 0.2) is 23.2 Å². The van der Waals surface area contributed by atoms with Crippen LogP contribution in [0.5, 0.6) is 11.5 Å². The van der Waals surface area contributed by atoms with Gasteiger partial charge in [0.2, 0.25) is 0 Å². The van der Waals surface area contributed by atoms with Crippen molar-refractivity contribution < 1.29 is 24.1 Å². The smallest absolute Gasteiger partial charge is 0.339 e. The summed E-state index contributed by atoms with van der Waals surface area (Å²) in [6.07, 6.45) is 1.03. The monoisotopic (exact) mass is 373 g/mol. The molecule has 126 valence electrons. The molecule has 3 N–H and O–H groups in total. The normalized spacial score (nSPS) is 11.0. The highest BCUT2D eigenvalue weighted by molar-refractivity contribution is 6.35. The molecule has 2 rings (SSSR count). The second-order valence-corrected chi connectivity index (χ2v) is 5.36. The Kier molecular flexibility index (Phi) is 5.58. The molecule has 0 aliphatic carbocycles. The molecular formula is C15H12Cl2FN2O4+.